The highest BCUT2D eigenvalue weighted by molar-refractivity contribution is 9.10. The zero-order valence-electron chi connectivity index (χ0n) is 15.1. The lowest BCUT2D eigenvalue weighted by molar-refractivity contribution is 0.324. The molecule has 1 heterocycles. The maximum Gasteiger partial charge on any atom is 0.175 e. The molecule has 0 spiro atoms. The van der Waals surface area contributed by atoms with Gasteiger partial charge in [-0.3, -0.25) is 4.68 Å². The molecule has 6 heteroatoms. The Hall–Kier alpha value is -1.79. The number of benzene rings is 1. The molecule has 25 heavy (non-hydrogen) atoms. The molecule has 0 saturated heterocycles. The average Bonchev–Trinajstić information content (AvgIpc) is 2.90. The molecule has 2 rings (SSSR count). The Balaban J connectivity index is 1.85. The summed E-state index contributed by atoms with van der Waals surface area (Å²) in [5.41, 5.74) is 3.42. The third-order valence-corrected chi connectivity index (χ3v) is 4.38. The van der Waals surface area contributed by atoms with Gasteiger partial charge in [0.05, 0.1) is 17.3 Å². The maximum absolute atomic E-state index is 5.65. The number of methoxy groups -OCH3 is 1. The Bertz CT molecular complexity index is 713. The molecule has 1 aromatic carbocycles. The third-order valence-electron chi connectivity index (χ3n) is 3.79. The van der Waals surface area contributed by atoms with Crippen molar-refractivity contribution in [2.45, 2.75) is 33.4 Å². The molecule has 136 valence electrons. The fourth-order valence-corrected chi connectivity index (χ4v) is 3.25. The summed E-state index contributed by atoms with van der Waals surface area (Å²) in [5, 5.41) is 7.94. The second-order valence-corrected chi connectivity index (χ2v) is 6.74. The molecule has 0 atom stereocenters. The largest absolute Gasteiger partial charge is 0.493 e. The van der Waals surface area contributed by atoms with Gasteiger partial charge in [-0.05, 0) is 66.5 Å². The second kappa shape index (κ2) is 9.63. The number of aromatic nitrogens is 2. The summed E-state index contributed by atoms with van der Waals surface area (Å²) < 4.78 is 14.0. The minimum Gasteiger partial charge on any atom is -0.493 e. The van der Waals surface area contributed by atoms with Crippen LogP contribution in [0, 0.1) is 13.8 Å². The van der Waals surface area contributed by atoms with Crippen LogP contribution in [0.3, 0.4) is 0 Å². The van der Waals surface area contributed by atoms with Crippen LogP contribution in [0.4, 0.5) is 0 Å². The zero-order chi connectivity index (χ0) is 18.2. The van der Waals surface area contributed by atoms with E-state index >= 15 is 0 Å². The molecular formula is C19H26BrN3O2. The molecule has 1 N–H and O–H groups in total. The average molecular weight is 408 g/mol. The minimum absolute atomic E-state index is 0.443. The van der Waals surface area contributed by atoms with Gasteiger partial charge in [0.2, 0.25) is 0 Å². The molecule has 0 aliphatic heterocycles. The number of hydrogen-bond donors (Lipinski definition) is 1. The van der Waals surface area contributed by atoms with Crippen molar-refractivity contribution in [3.63, 3.8) is 0 Å². The number of halogens is 1. The van der Waals surface area contributed by atoms with Gasteiger partial charge in [0.1, 0.15) is 6.61 Å². The Morgan fingerprint density at radius 1 is 1.32 bits per heavy atom. The van der Waals surface area contributed by atoms with Crippen molar-refractivity contribution in [3.05, 3.63) is 52.3 Å². The van der Waals surface area contributed by atoms with Gasteiger partial charge >= 0.3 is 0 Å². The van der Waals surface area contributed by atoms with Gasteiger partial charge in [-0.25, -0.2) is 0 Å². The molecule has 0 fully saturated rings. The Kier molecular flexibility index (Phi) is 7.52. The number of hydrogen-bond acceptors (Lipinski definition) is 4. The lowest BCUT2D eigenvalue weighted by atomic mass is 10.2. The van der Waals surface area contributed by atoms with Crippen molar-refractivity contribution in [3.8, 4) is 11.5 Å². The van der Waals surface area contributed by atoms with Crippen molar-refractivity contribution in [1.82, 2.24) is 15.1 Å². The molecular weight excluding hydrogens is 382 g/mol. The van der Waals surface area contributed by atoms with E-state index in [9.17, 15) is 0 Å². The van der Waals surface area contributed by atoms with Crippen molar-refractivity contribution in [2.75, 3.05) is 20.3 Å². The van der Waals surface area contributed by atoms with E-state index in [1.54, 1.807) is 13.2 Å². The smallest absolute Gasteiger partial charge is 0.175 e. The van der Waals surface area contributed by atoms with Crippen LogP contribution < -0.4 is 14.8 Å². The minimum atomic E-state index is 0.443. The summed E-state index contributed by atoms with van der Waals surface area (Å²) in [6, 6.07) is 6.15. The molecule has 0 aliphatic rings. The zero-order valence-corrected chi connectivity index (χ0v) is 16.7. The van der Waals surface area contributed by atoms with E-state index in [0.29, 0.717) is 12.4 Å². The quantitative estimate of drug-likeness (QED) is 0.477. The van der Waals surface area contributed by atoms with Gasteiger partial charge in [0.25, 0.3) is 0 Å². The van der Waals surface area contributed by atoms with Gasteiger partial charge in [-0.15, -0.1) is 0 Å². The van der Waals surface area contributed by atoms with Crippen LogP contribution in [0.15, 0.2) is 35.3 Å². The van der Waals surface area contributed by atoms with Gasteiger partial charge in [-0.2, -0.15) is 5.10 Å². The number of aryl methyl sites for hydroxylation is 3. The Labute approximate surface area is 158 Å². The van der Waals surface area contributed by atoms with E-state index in [2.05, 4.69) is 56.7 Å². The first kappa shape index (κ1) is 19.5. The van der Waals surface area contributed by atoms with Gasteiger partial charge in [0.15, 0.2) is 11.5 Å². The second-order valence-electron chi connectivity index (χ2n) is 5.89. The van der Waals surface area contributed by atoms with E-state index in [4.69, 9.17) is 9.47 Å². The molecule has 0 radical (unpaired) electrons. The third kappa shape index (κ3) is 5.61. The predicted molar refractivity (Wildman–Crippen MR) is 104 cm³/mol. The monoisotopic (exact) mass is 407 g/mol. The van der Waals surface area contributed by atoms with Gasteiger partial charge < -0.3 is 14.8 Å². The summed E-state index contributed by atoms with van der Waals surface area (Å²) in [5.74, 6) is 1.42. The van der Waals surface area contributed by atoms with Gasteiger partial charge in [-0.1, -0.05) is 12.7 Å². The number of rotatable bonds is 10. The van der Waals surface area contributed by atoms with Crippen LogP contribution in [-0.4, -0.2) is 30.0 Å². The number of nitrogens with zero attached hydrogens (tertiary/aromatic N) is 2. The molecule has 0 unspecified atom stereocenters. The topological polar surface area (TPSA) is 48.3 Å². The molecule has 0 aliphatic carbocycles. The van der Waals surface area contributed by atoms with Crippen molar-refractivity contribution in [1.29, 1.82) is 0 Å². The first-order valence-corrected chi connectivity index (χ1v) is 9.16. The predicted octanol–water partition coefficient (Wildman–Crippen LogP) is 4.02. The SMILES string of the molecule is C=CCOc1c(Br)cc(CNCCCn2nc(C)cc2C)cc1OC. The fraction of sp³-hybridized carbons (Fsp3) is 0.421. The van der Waals surface area contributed by atoms with E-state index in [1.807, 2.05) is 13.0 Å². The van der Waals surface area contributed by atoms with E-state index < -0.39 is 0 Å². The fourth-order valence-electron chi connectivity index (χ4n) is 2.65. The van der Waals surface area contributed by atoms with E-state index in [-0.39, 0.29) is 0 Å². The van der Waals surface area contributed by atoms with Gasteiger partial charge in [0, 0.05) is 18.8 Å². The molecule has 1 aromatic heterocycles. The van der Waals surface area contributed by atoms with Crippen LogP contribution in [-0.2, 0) is 13.1 Å². The maximum atomic E-state index is 5.65. The van der Waals surface area contributed by atoms with Crippen LogP contribution in [0.25, 0.3) is 0 Å². The molecule has 5 nitrogen and oxygen atoms in total. The summed E-state index contributed by atoms with van der Waals surface area (Å²) in [6.07, 6.45) is 2.74. The molecule has 2 aromatic rings. The highest BCUT2D eigenvalue weighted by Crippen LogP contribution is 2.36. The summed E-state index contributed by atoms with van der Waals surface area (Å²) >= 11 is 3.55. The Morgan fingerprint density at radius 2 is 2.12 bits per heavy atom. The van der Waals surface area contributed by atoms with E-state index in [1.165, 1.54) is 5.69 Å². The molecule has 0 saturated carbocycles. The van der Waals surface area contributed by atoms with Crippen LogP contribution in [0.1, 0.15) is 23.4 Å². The lowest BCUT2D eigenvalue weighted by Gasteiger charge is -2.14. The highest BCUT2D eigenvalue weighted by atomic mass is 79.9. The first-order valence-electron chi connectivity index (χ1n) is 8.37. The van der Waals surface area contributed by atoms with Crippen molar-refractivity contribution in [2.24, 2.45) is 0 Å². The van der Waals surface area contributed by atoms with Crippen molar-refractivity contribution < 1.29 is 9.47 Å². The first-order chi connectivity index (χ1) is 12.0. The summed E-state index contributed by atoms with van der Waals surface area (Å²) in [7, 11) is 1.65. The standard InChI is InChI=1S/C19H26BrN3O2/c1-5-9-25-19-17(20)11-16(12-18(19)24-4)13-21-7-6-8-23-15(3)10-14(2)22-23/h5,10-12,21H,1,6-9,13H2,2-4H3. The van der Waals surface area contributed by atoms with Crippen LogP contribution >= 0.6 is 15.9 Å². The number of nitrogens with one attached hydrogen (secondary N) is 1. The normalized spacial score (nSPS) is 10.7. The lowest BCUT2D eigenvalue weighted by Crippen LogP contribution is -2.17. The van der Waals surface area contributed by atoms with Crippen molar-refractivity contribution >= 4 is 15.9 Å². The molecule has 0 bridgehead atoms. The van der Waals surface area contributed by atoms with Crippen LogP contribution in [0.2, 0.25) is 0 Å². The molecule has 0 amide bonds. The Morgan fingerprint density at radius 3 is 2.76 bits per heavy atom. The number of ether oxygens (including phenoxy) is 2. The van der Waals surface area contributed by atoms with Crippen LogP contribution in [0.5, 0.6) is 11.5 Å². The summed E-state index contributed by atoms with van der Waals surface area (Å²) in [4.78, 5) is 0. The van der Waals surface area contributed by atoms with E-state index in [0.717, 1.165) is 47.5 Å². The highest BCUT2D eigenvalue weighted by Gasteiger charge is 2.11. The summed E-state index contributed by atoms with van der Waals surface area (Å²) in [6.45, 7) is 10.8.